The van der Waals surface area contributed by atoms with Crippen LogP contribution < -0.4 is 4.72 Å². The lowest BCUT2D eigenvalue weighted by Gasteiger charge is -2.14. The lowest BCUT2D eigenvalue weighted by molar-refractivity contribution is 0.0696. The molecule has 8 heteroatoms. The van der Waals surface area contributed by atoms with Crippen molar-refractivity contribution in [1.82, 2.24) is 4.72 Å². The minimum absolute atomic E-state index is 0.0259. The zero-order valence-electron chi connectivity index (χ0n) is 10.8. The van der Waals surface area contributed by atoms with Crippen LogP contribution in [0.1, 0.15) is 29.3 Å². The van der Waals surface area contributed by atoms with Crippen LogP contribution in [0.4, 0.5) is 0 Å². The highest BCUT2D eigenvalue weighted by atomic mass is 79.9. The summed E-state index contributed by atoms with van der Waals surface area (Å²) in [5, 5.41) is 17.5. The summed E-state index contributed by atoms with van der Waals surface area (Å²) in [4.78, 5) is 10.9. The second-order valence-corrected chi connectivity index (χ2v) is 6.81. The third-order valence-electron chi connectivity index (χ3n) is 2.59. The number of rotatable bonds is 5. The van der Waals surface area contributed by atoms with E-state index in [-0.39, 0.29) is 16.9 Å². The Labute approximate surface area is 125 Å². The number of carboxylic acids is 1. The molecule has 0 saturated carbocycles. The van der Waals surface area contributed by atoms with E-state index in [9.17, 15) is 13.2 Å². The average molecular weight is 361 g/mol. The highest BCUT2D eigenvalue weighted by Gasteiger charge is 2.22. The van der Waals surface area contributed by atoms with Gasteiger partial charge in [-0.1, -0.05) is 15.9 Å². The molecule has 1 atom stereocenters. The Hall–Kier alpha value is -1.43. The monoisotopic (exact) mass is 360 g/mol. The number of carboxylic acid groups (broad SMARTS) is 1. The molecule has 1 aromatic rings. The molecule has 0 heterocycles. The molecule has 1 aromatic carbocycles. The Balaban J connectivity index is 3.31. The van der Waals surface area contributed by atoms with Gasteiger partial charge in [0, 0.05) is 10.5 Å². The molecular weight excluding hydrogens is 348 g/mol. The van der Waals surface area contributed by atoms with Gasteiger partial charge in [0.25, 0.3) is 0 Å². The molecule has 20 heavy (non-hydrogen) atoms. The fourth-order valence-electron chi connectivity index (χ4n) is 1.56. The first-order valence-electron chi connectivity index (χ1n) is 5.61. The first kappa shape index (κ1) is 16.6. The predicted molar refractivity (Wildman–Crippen MR) is 75.9 cm³/mol. The Morgan fingerprint density at radius 3 is 2.65 bits per heavy atom. The minimum Gasteiger partial charge on any atom is -0.478 e. The Bertz CT molecular complexity index is 679. The van der Waals surface area contributed by atoms with Crippen molar-refractivity contribution in [3.63, 3.8) is 0 Å². The summed E-state index contributed by atoms with van der Waals surface area (Å²) in [6.45, 7) is 3.13. The maximum atomic E-state index is 12.2. The Morgan fingerprint density at radius 1 is 1.55 bits per heavy atom. The third-order valence-corrected chi connectivity index (χ3v) is 5.13. The second-order valence-electron chi connectivity index (χ2n) is 4.27. The summed E-state index contributed by atoms with van der Waals surface area (Å²) in [6, 6.07) is 3.75. The van der Waals surface area contributed by atoms with Gasteiger partial charge in [-0.2, -0.15) is 5.26 Å². The van der Waals surface area contributed by atoms with Gasteiger partial charge in [0.05, 0.1) is 22.9 Å². The smallest absolute Gasteiger partial charge is 0.335 e. The summed E-state index contributed by atoms with van der Waals surface area (Å²) < 4.78 is 27.2. The molecule has 2 N–H and O–H groups in total. The van der Waals surface area contributed by atoms with E-state index in [1.807, 2.05) is 6.07 Å². The van der Waals surface area contributed by atoms with Crippen LogP contribution >= 0.6 is 15.9 Å². The quantitative estimate of drug-likeness (QED) is 0.835. The number of sulfonamides is 1. The first-order valence-corrected chi connectivity index (χ1v) is 7.89. The zero-order chi connectivity index (χ0) is 15.5. The number of aromatic carboxylic acids is 1. The molecule has 0 aromatic heterocycles. The zero-order valence-corrected chi connectivity index (χ0v) is 13.2. The molecule has 1 unspecified atom stereocenters. The van der Waals surface area contributed by atoms with E-state index < -0.39 is 22.0 Å². The van der Waals surface area contributed by atoms with Crippen LogP contribution in [0.3, 0.4) is 0 Å². The molecule has 0 aliphatic carbocycles. The van der Waals surface area contributed by atoms with E-state index in [2.05, 4.69) is 20.7 Å². The van der Waals surface area contributed by atoms with E-state index in [1.165, 1.54) is 6.07 Å². The Kier molecular flexibility index (Phi) is 5.28. The third kappa shape index (κ3) is 3.79. The van der Waals surface area contributed by atoms with Gasteiger partial charge in [0.15, 0.2) is 0 Å². The van der Waals surface area contributed by atoms with E-state index >= 15 is 0 Å². The number of nitrogens with zero attached hydrogens (tertiary/aromatic N) is 1. The standard InChI is InChI=1S/C12H13BrN2O4S/c1-7(3-4-14)15-20(18,19)11-6-9(12(16)17)5-10(13)8(11)2/h5-7,15H,3H2,1-2H3,(H,16,17). The Morgan fingerprint density at radius 2 is 2.15 bits per heavy atom. The van der Waals surface area contributed by atoms with E-state index in [0.29, 0.717) is 10.0 Å². The first-order chi connectivity index (χ1) is 9.19. The number of nitrogens with one attached hydrogen (secondary N) is 1. The van der Waals surface area contributed by atoms with Gasteiger partial charge in [-0.3, -0.25) is 0 Å². The topological polar surface area (TPSA) is 107 Å². The average Bonchev–Trinajstić information content (AvgIpc) is 2.31. The van der Waals surface area contributed by atoms with Gasteiger partial charge in [-0.15, -0.1) is 0 Å². The summed E-state index contributed by atoms with van der Waals surface area (Å²) in [7, 11) is -3.89. The molecule has 0 amide bonds. The number of carbonyl (C=O) groups is 1. The molecule has 6 nitrogen and oxygen atoms in total. The number of hydrogen-bond donors (Lipinski definition) is 2. The molecule has 0 fully saturated rings. The van der Waals surface area contributed by atoms with Crippen LogP contribution in [0.15, 0.2) is 21.5 Å². The van der Waals surface area contributed by atoms with Crippen LogP contribution in [-0.4, -0.2) is 25.5 Å². The normalized spacial score (nSPS) is 12.7. The molecular formula is C12H13BrN2O4S. The van der Waals surface area contributed by atoms with Gasteiger partial charge < -0.3 is 5.11 Å². The molecule has 0 saturated heterocycles. The summed E-state index contributed by atoms with van der Waals surface area (Å²) in [5.41, 5.74) is 0.280. The van der Waals surface area contributed by atoms with Crippen LogP contribution in [0.5, 0.6) is 0 Å². The van der Waals surface area contributed by atoms with Crippen molar-refractivity contribution in [3.05, 3.63) is 27.7 Å². The molecule has 0 aliphatic heterocycles. The molecule has 108 valence electrons. The lowest BCUT2D eigenvalue weighted by atomic mass is 10.1. The van der Waals surface area contributed by atoms with Crippen LogP contribution in [-0.2, 0) is 10.0 Å². The molecule has 0 spiro atoms. The van der Waals surface area contributed by atoms with Crippen LogP contribution in [0.2, 0.25) is 0 Å². The van der Waals surface area contributed by atoms with Gasteiger partial charge in [0.1, 0.15) is 0 Å². The van der Waals surface area contributed by atoms with Crippen LogP contribution in [0.25, 0.3) is 0 Å². The van der Waals surface area contributed by atoms with Crippen molar-refractivity contribution in [2.45, 2.75) is 31.2 Å². The summed E-state index contributed by atoms with van der Waals surface area (Å²) in [5.74, 6) is -1.22. The SMILES string of the molecule is Cc1c(Br)cc(C(=O)O)cc1S(=O)(=O)NC(C)CC#N. The predicted octanol–water partition coefficient (Wildman–Crippen LogP) is 2.04. The highest BCUT2D eigenvalue weighted by Crippen LogP contribution is 2.26. The van der Waals surface area contributed by atoms with Crippen molar-refractivity contribution in [2.75, 3.05) is 0 Å². The second kappa shape index (κ2) is 6.35. The number of nitriles is 1. The van der Waals surface area contributed by atoms with Crippen molar-refractivity contribution in [2.24, 2.45) is 0 Å². The molecule has 0 radical (unpaired) electrons. The fourth-order valence-corrected chi connectivity index (χ4v) is 3.69. The maximum Gasteiger partial charge on any atom is 0.335 e. The number of benzene rings is 1. The lowest BCUT2D eigenvalue weighted by Crippen LogP contribution is -2.32. The van der Waals surface area contributed by atoms with Gasteiger partial charge in [0.2, 0.25) is 10.0 Å². The van der Waals surface area contributed by atoms with Gasteiger partial charge in [-0.05, 0) is 31.5 Å². The van der Waals surface area contributed by atoms with Crippen molar-refractivity contribution in [3.8, 4) is 6.07 Å². The van der Waals surface area contributed by atoms with E-state index in [4.69, 9.17) is 10.4 Å². The maximum absolute atomic E-state index is 12.2. The molecule has 1 rings (SSSR count). The molecule has 0 bridgehead atoms. The highest BCUT2D eigenvalue weighted by molar-refractivity contribution is 9.10. The van der Waals surface area contributed by atoms with E-state index in [0.717, 1.165) is 6.07 Å². The largest absolute Gasteiger partial charge is 0.478 e. The van der Waals surface area contributed by atoms with Crippen molar-refractivity contribution in [1.29, 1.82) is 5.26 Å². The summed E-state index contributed by atoms with van der Waals surface area (Å²) in [6.07, 6.45) is 0.0259. The summed E-state index contributed by atoms with van der Waals surface area (Å²) >= 11 is 3.15. The minimum atomic E-state index is -3.89. The van der Waals surface area contributed by atoms with Crippen molar-refractivity contribution >= 4 is 31.9 Å². The van der Waals surface area contributed by atoms with Gasteiger partial charge in [-0.25, -0.2) is 17.9 Å². The molecule has 0 aliphatic rings. The van der Waals surface area contributed by atoms with Gasteiger partial charge >= 0.3 is 5.97 Å². The number of hydrogen-bond acceptors (Lipinski definition) is 4. The van der Waals surface area contributed by atoms with E-state index in [1.54, 1.807) is 13.8 Å². The van der Waals surface area contributed by atoms with Crippen molar-refractivity contribution < 1.29 is 18.3 Å². The fraction of sp³-hybridized carbons (Fsp3) is 0.333. The number of halogens is 1. The van der Waals surface area contributed by atoms with Crippen LogP contribution in [0, 0.1) is 18.3 Å².